The second-order valence-corrected chi connectivity index (χ2v) is 9.03. The van der Waals surface area contributed by atoms with Crippen LogP contribution < -0.4 is 5.32 Å². The molecule has 0 spiro atoms. The van der Waals surface area contributed by atoms with E-state index in [9.17, 15) is 18.0 Å². The fourth-order valence-corrected chi connectivity index (χ4v) is 2.75. The van der Waals surface area contributed by atoms with Crippen LogP contribution in [0.25, 0.3) is 0 Å². The molecule has 0 radical (unpaired) electrons. The molecule has 0 saturated heterocycles. The third-order valence-corrected chi connectivity index (χ3v) is 6.30. The zero-order valence-corrected chi connectivity index (χ0v) is 13.2. The molecule has 20 heavy (non-hydrogen) atoms. The van der Waals surface area contributed by atoms with Gasteiger partial charge in [0.05, 0.1) is 16.6 Å². The molecule has 6 nitrogen and oxygen atoms in total. The van der Waals surface area contributed by atoms with Crippen LogP contribution in [0.3, 0.4) is 0 Å². The minimum absolute atomic E-state index is 0.0120. The summed E-state index contributed by atoms with van der Waals surface area (Å²) in [6.07, 6.45) is 2.14. The molecule has 1 fully saturated rings. The van der Waals surface area contributed by atoms with Gasteiger partial charge in [-0.3, -0.25) is 9.59 Å². The Balaban J connectivity index is 2.70. The van der Waals surface area contributed by atoms with Crippen molar-refractivity contribution in [3.05, 3.63) is 0 Å². The Morgan fingerprint density at radius 3 is 2.20 bits per heavy atom. The first-order valence-electron chi connectivity index (χ1n) is 6.66. The van der Waals surface area contributed by atoms with E-state index in [-0.39, 0.29) is 18.4 Å². The van der Waals surface area contributed by atoms with E-state index < -0.39 is 32.4 Å². The van der Waals surface area contributed by atoms with E-state index in [1.54, 1.807) is 0 Å². The average Bonchev–Trinajstić information content (AvgIpc) is 2.67. The quantitative estimate of drug-likeness (QED) is 0.777. The molecule has 0 aromatic heterocycles. The topological polar surface area (TPSA) is 101 Å². The van der Waals surface area contributed by atoms with E-state index in [1.165, 1.54) is 13.8 Å². The van der Waals surface area contributed by atoms with Gasteiger partial charge in [-0.1, -0.05) is 6.92 Å². The molecule has 3 atom stereocenters. The Labute approximate surface area is 119 Å². The van der Waals surface area contributed by atoms with Crippen molar-refractivity contribution in [1.29, 1.82) is 0 Å². The number of carbonyl (C=O) groups is 2. The van der Waals surface area contributed by atoms with Crippen LogP contribution in [0.1, 0.15) is 33.6 Å². The van der Waals surface area contributed by atoms with Gasteiger partial charge in [-0.05, 0) is 32.6 Å². The van der Waals surface area contributed by atoms with Crippen LogP contribution in [0.5, 0.6) is 0 Å². The third kappa shape index (κ3) is 3.71. The molecule has 0 aromatic rings. The van der Waals surface area contributed by atoms with Crippen LogP contribution in [0.2, 0.25) is 0 Å². The monoisotopic (exact) mass is 305 g/mol. The summed E-state index contributed by atoms with van der Waals surface area (Å²) < 4.78 is 22.1. The fourth-order valence-electron chi connectivity index (χ4n) is 2.42. The summed E-state index contributed by atoms with van der Waals surface area (Å²) in [4.78, 5) is 23.3. The summed E-state index contributed by atoms with van der Waals surface area (Å²) in [5.74, 6) is -2.38. The molecular weight excluding hydrogens is 282 g/mol. The number of hydrogen-bond acceptors (Lipinski definition) is 4. The molecule has 0 aliphatic heterocycles. The minimum Gasteiger partial charge on any atom is -0.481 e. The summed E-state index contributed by atoms with van der Waals surface area (Å²) in [6.45, 7) is 4.98. The first-order chi connectivity index (χ1) is 8.95. The number of sulfone groups is 1. The molecule has 1 rings (SSSR count). The molecule has 1 saturated carbocycles. The van der Waals surface area contributed by atoms with Crippen molar-refractivity contribution in [3.63, 3.8) is 0 Å². The van der Waals surface area contributed by atoms with E-state index in [4.69, 9.17) is 5.11 Å². The van der Waals surface area contributed by atoms with Crippen molar-refractivity contribution >= 4 is 21.7 Å². The number of amides is 1. The molecule has 1 aliphatic rings. The Hall–Kier alpha value is -1.11. The number of nitrogens with one attached hydrogen (secondary N) is 1. The average molecular weight is 305 g/mol. The van der Waals surface area contributed by atoms with E-state index >= 15 is 0 Å². The van der Waals surface area contributed by atoms with Gasteiger partial charge >= 0.3 is 5.97 Å². The zero-order valence-electron chi connectivity index (χ0n) is 12.3. The zero-order chi connectivity index (χ0) is 15.7. The SMILES string of the molecule is CC1C[C@H](C(=O)NCC(C)(C)S(C)(=O)=O)[C@H](C(=O)O)C1. The predicted octanol–water partition coefficient (Wildman–Crippen LogP) is 0.673. The highest BCUT2D eigenvalue weighted by molar-refractivity contribution is 7.92. The molecule has 1 aliphatic carbocycles. The summed E-state index contributed by atoms with van der Waals surface area (Å²) in [5.41, 5.74) is 0. The molecule has 0 bridgehead atoms. The van der Waals surface area contributed by atoms with Gasteiger partial charge in [0.1, 0.15) is 0 Å². The lowest BCUT2D eigenvalue weighted by Gasteiger charge is -2.24. The van der Waals surface area contributed by atoms with Crippen molar-refractivity contribution < 1.29 is 23.1 Å². The lowest BCUT2D eigenvalue weighted by Crippen LogP contribution is -2.46. The van der Waals surface area contributed by atoms with Gasteiger partial charge in [-0.15, -0.1) is 0 Å². The Morgan fingerprint density at radius 2 is 1.75 bits per heavy atom. The third-order valence-electron chi connectivity index (χ3n) is 4.14. The lowest BCUT2D eigenvalue weighted by atomic mass is 9.95. The molecule has 1 unspecified atom stereocenters. The van der Waals surface area contributed by atoms with Crippen LogP contribution in [0.15, 0.2) is 0 Å². The first kappa shape index (κ1) is 16.9. The number of carbonyl (C=O) groups excluding carboxylic acids is 1. The van der Waals surface area contributed by atoms with Crippen molar-refractivity contribution in [2.75, 3.05) is 12.8 Å². The van der Waals surface area contributed by atoms with Crippen LogP contribution >= 0.6 is 0 Å². The summed E-state index contributed by atoms with van der Waals surface area (Å²) in [5, 5.41) is 11.7. The molecule has 116 valence electrons. The molecule has 7 heteroatoms. The highest BCUT2D eigenvalue weighted by atomic mass is 32.2. The largest absolute Gasteiger partial charge is 0.481 e. The first-order valence-corrected chi connectivity index (χ1v) is 8.55. The normalized spacial score (nSPS) is 27.3. The maximum atomic E-state index is 12.1. The van der Waals surface area contributed by atoms with Gasteiger partial charge in [-0.25, -0.2) is 8.42 Å². The summed E-state index contributed by atoms with van der Waals surface area (Å²) in [7, 11) is -3.29. The number of carboxylic acid groups (broad SMARTS) is 1. The molecule has 0 heterocycles. The highest BCUT2D eigenvalue weighted by Gasteiger charge is 2.42. The maximum Gasteiger partial charge on any atom is 0.307 e. The van der Waals surface area contributed by atoms with E-state index in [2.05, 4.69) is 5.32 Å². The van der Waals surface area contributed by atoms with E-state index in [0.717, 1.165) is 6.26 Å². The Bertz CT molecular complexity index is 497. The second-order valence-electron chi connectivity index (χ2n) is 6.38. The van der Waals surface area contributed by atoms with Gasteiger partial charge in [-0.2, -0.15) is 0 Å². The summed E-state index contributed by atoms with van der Waals surface area (Å²) >= 11 is 0. The lowest BCUT2D eigenvalue weighted by molar-refractivity contribution is -0.146. The van der Waals surface area contributed by atoms with E-state index in [1.807, 2.05) is 6.92 Å². The fraction of sp³-hybridized carbons (Fsp3) is 0.846. The number of hydrogen-bond donors (Lipinski definition) is 2. The van der Waals surface area contributed by atoms with Gasteiger partial charge in [0.15, 0.2) is 9.84 Å². The van der Waals surface area contributed by atoms with Crippen molar-refractivity contribution in [2.45, 2.75) is 38.4 Å². The van der Waals surface area contributed by atoms with Crippen molar-refractivity contribution in [3.8, 4) is 0 Å². The maximum absolute atomic E-state index is 12.1. The van der Waals surface area contributed by atoms with Gasteiger partial charge in [0.25, 0.3) is 0 Å². The standard InChI is InChI=1S/C13H23NO5S/c1-8-5-9(10(6-8)12(16)17)11(15)14-7-13(2,3)20(4,18)19/h8-10H,5-7H2,1-4H3,(H,14,15)(H,16,17)/t8?,9-,10+/m0/s1. The molecule has 1 amide bonds. The summed E-state index contributed by atoms with van der Waals surface area (Å²) in [6, 6.07) is 0. The smallest absolute Gasteiger partial charge is 0.307 e. The van der Waals surface area contributed by atoms with Crippen molar-refractivity contribution in [1.82, 2.24) is 5.32 Å². The van der Waals surface area contributed by atoms with Gasteiger partial charge in [0, 0.05) is 12.8 Å². The Morgan fingerprint density at radius 1 is 1.25 bits per heavy atom. The minimum atomic E-state index is -3.29. The molecular formula is C13H23NO5S. The molecule has 0 aromatic carbocycles. The van der Waals surface area contributed by atoms with E-state index in [0.29, 0.717) is 12.8 Å². The van der Waals surface area contributed by atoms with Crippen molar-refractivity contribution in [2.24, 2.45) is 17.8 Å². The molecule has 2 N–H and O–H groups in total. The van der Waals surface area contributed by atoms with Crippen LogP contribution in [0, 0.1) is 17.8 Å². The number of carboxylic acids is 1. The van der Waals surface area contributed by atoms with Crippen LogP contribution in [-0.4, -0.2) is 42.9 Å². The number of aliphatic carboxylic acids is 1. The number of rotatable bonds is 5. The van der Waals surface area contributed by atoms with Crippen LogP contribution in [-0.2, 0) is 19.4 Å². The Kier molecular flexibility index (Phi) is 4.84. The second kappa shape index (κ2) is 5.71. The highest BCUT2D eigenvalue weighted by Crippen LogP contribution is 2.36. The van der Waals surface area contributed by atoms with Gasteiger partial charge < -0.3 is 10.4 Å². The predicted molar refractivity (Wildman–Crippen MR) is 74.9 cm³/mol. The van der Waals surface area contributed by atoms with Crippen LogP contribution in [0.4, 0.5) is 0 Å². The van der Waals surface area contributed by atoms with Gasteiger partial charge in [0.2, 0.25) is 5.91 Å².